The van der Waals surface area contributed by atoms with Crippen molar-refractivity contribution in [2.75, 3.05) is 18.4 Å². The summed E-state index contributed by atoms with van der Waals surface area (Å²) >= 11 is 5.93. The van der Waals surface area contributed by atoms with Crippen LogP contribution in [0, 0.1) is 24.5 Å². The van der Waals surface area contributed by atoms with Crippen molar-refractivity contribution in [1.29, 1.82) is 0 Å². The number of rotatable bonds is 7. The quantitative estimate of drug-likeness (QED) is 0.345. The predicted octanol–water partition coefficient (Wildman–Crippen LogP) is 7.50. The van der Waals surface area contributed by atoms with Crippen molar-refractivity contribution >= 4 is 28.8 Å². The Bertz CT molecular complexity index is 1290. The Hall–Kier alpha value is -2.77. The lowest BCUT2D eigenvalue weighted by Crippen LogP contribution is -2.34. The maximum Gasteiger partial charge on any atom is 0.153 e. The van der Waals surface area contributed by atoms with Crippen molar-refractivity contribution in [1.82, 2.24) is 19.7 Å². The van der Waals surface area contributed by atoms with Gasteiger partial charge >= 0.3 is 0 Å². The van der Waals surface area contributed by atoms with Crippen LogP contribution in [0.4, 0.5) is 20.4 Å². The van der Waals surface area contributed by atoms with E-state index in [4.69, 9.17) is 11.6 Å². The molecule has 198 valence electrons. The van der Waals surface area contributed by atoms with Crippen molar-refractivity contribution in [2.24, 2.45) is 5.92 Å². The third-order valence-electron chi connectivity index (χ3n) is 6.88. The van der Waals surface area contributed by atoms with Gasteiger partial charge in [0.05, 0.1) is 16.3 Å². The summed E-state index contributed by atoms with van der Waals surface area (Å²) in [6.07, 6.45) is 2.31. The minimum atomic E-state index is -0.350. The van der Waals surface area contributed by atoms with Gasteiger partial charge in [-0.05, 0) is 90.6 Å². The van der Waals surface area contributed by atoms with Crippen LogP contribution in [-0.2, 0) is 18.5 Å². The number of aromatic nitrogens is 3. The molecule has 0 bridgehead atoms. The Kier molecular flexibility index (Phi) is 8.05. The van der Waals surface area contributed by atoms with E-state index < -0.39 is 0 Å². The van der Waals surface area contributed by atoms with Crippen molar-refractivity contribution in [3.8, 4) is 0 Å². The number of nitrogens with zero attached hydrogens (tertiary/aromatic N) is 4. The SMILES string of the molecule is C=C(C)c1cc(Nc2cc(C)n(C(C)(C)C)n2)nc(CC2CCN(Cc3cccc(Cl)c3F)CC2)c1F. The average Bonchev–Trinajstić information content (AvgIpc) is 3.20. The van der Waals surface area contributed by atoms with E-state index in [1.807, 2.05) is 17.7 Å². The first-order valence-electron chi connectivity index (χ1n) is 12.8. The molecule has 0 saturated carbocycles. The summed E-state index contributed by atoms with van der Waals surface area (Å²) in [6, 6.07) is 8.78. The van der Waals surface area contributed by atoms with Crippen LogP contribution >= 0.6 is 11.6 Å². The molecule has 1 fully saturated rings. The van der Waals surface area contributed by atoms with Crippen molar-refractivity contribution in [3.63, 3.8) is 0 Å². The molecular weight excluding hydrogens is 492 g/mol. The number of anilines is 2. The number of hydrogen-bond donors (Lipinski definition) is 1. The van der Waals surface area contributed by atoms with E-state index in [2.05, 4.69) is 47.6 Å². The summed E-state index contributed by atoms with van der Waals surface area (Å²) in [5.41, 5.74) is 3.04. The van der Waals surface area contributed by atoms with E-state index >= 15 is 4.39 Å². The minimum Gasteiger partial charge on any atom is -0.323 e. The zero-order valence-electron chi connectivity index (χ0n) is 22.3. The van der Waals surface area contributed by atoms with E-state index in [1.165, 1.54) is 0 Å². The summed E-state index contributed by atoms with van der Waals surface area (Å²) in [4.78, 5) is 6.88. The molecule has 4 rings (SSSR count). The third kappa shape index (κ3) is 6.39. The second-order valence-electron chi connectivity index (χ2n) is 11.1. The van der Waals surface area contributed by atoms with Crippen LogP contribution in [0.15, 0.2) is 36.9 Å². The number of benzene rings is 1. The third-order valence-corrected chi connectivity index (χ3v) is 7.17. The predicted molar refractivity (Wildman–Crippen MR) is 147 cm³/mol. The van der Waals surface area contributed by atoms with Crippen LogP contribution in [0.3, 0.4) is 0 Å². The molecule has 0 aliphatic carbocycles. The van der Waals surface area contributed by atoms with Crippen LogP contribution in [-0.4, -0.2) is 32.8 Å². The van der Waals surface area contributed by atoms with E-state index in [1.54, 1.807) is 31.2 Å². The monoisotopic (exact) mass is 527 g/mol. The highest BCUT2D eigenvalue weighted by atomic mass is 35.5. The van der Waals surface area contributed by atoms with Gasteiger partial charge in [0.25, 0.3) is 0 Å². The van der Waals surface area contributed by atoms with E-state index in [0.717, 1.165) is 31.6 Å². The smallest absolute Gasteiger partial charge is 0.153 e. The van der Waals surface area contributed by atoms with Gasteiger partial charge in [-0.1, -0.05) is 30.3 Å². The molecule has 2 aromatic heterocycles. The molecular formula is C29H36ClF2N5. The molecule has 0 radical (unpaired) electrons. The molecule has 0 spiro atoms. The second-order valence-corrected chi connectivity index (χ2v) is 11.5. The van der Waals surface area contributed by atoms with Crippen LogP contribution in [0.2, 0.25) is 5.02 Å². The maximum atomic E-state index is 15.4. The average molecular weight is 528 g/mol. The lowest BCUT2D eigenvalue weighted by atomic mass is 9.91. The molecule has 0 amide bonds. The van der Waals surface area contributed by atoms with Crippen LogP contribution < -0.4 is 5.32 Å². The standard InChI is InChI=1S/C29H36ClF2N5/c1-18(2)22-16-25(34-26-14-19(3)37(35-26)29(4,5)6)33-24(28(22)32)15-20-10-12-36(13-11-20)17-21-8-7-9-23(30)27(21)31/h7-9,14,16,20H,1,10-13,15,17H2,2-6H3,(H,33,34,35). The molecule has 1 saturated heterocycles. The largest absolute Gasteiger partial charge is 0.323 e. The van der Waals surface area contributed by atoms with E-state index in [9.17, 15) is 4.39 Å². The summed E-state index contributed by atoms with van der Waals surface area (Å²) in [7, 11) is 0. The van der Waals surface area contributed by atoms with Gasteiger partial charge in [-0.15, -0.1) is 0 Å². The van der Waals surface area contributed by atoms with Crippen LogP contribution in [0.5, 0.6) is 0 Å². The first-order valence-corrected chi connectivity index (χ1v) is 13.1. The minimum absolute atomic E-state index is 0.149. The van der Waals surface area contributed by atoms with Gasteiger partial charge in [0, 0.05) is 29.4 Å². The number of nitrogens with one attached hydrogen (secondary N) is 1. The lowest BCUT2D eigenvalue weighted by molar-refractivity contribution is 0.174. The van der Waals surface area contributed by atoms with Gasteiger partial charge in [0.2, 0.25) is 0 Å². The number of likely N-dealkylation sites (tertiary alicyclic amines) is 1. The van der Waals surface area contributed by atoms with Crippen molar-refractivity contribution in [3.05, 3.63) is 76.1 Å². The van der Waals surface area contributed by atoms with Crippen molar-refractivity contribution < 1.29 is 8.78 Å². The Balaban J connectivity index is 1.47. The first-order chi connectivity index (χ1) is 17.4. The van der Waals surface area contributed by atoms with Gasteiger partial charge < -0.3 is 5.32 Å². The topological polar surface area (TPSA) is 46.0 Å². The number of hydrogen-bond acceptors (Lipinski definition) is 4. The highest BCUT2D eigenvalue weighted by Crippen LogP contribution is 2.30. The van der Waals surface area contributed by atoms with Crippen LogP contribution in [0.25, 0.3) is 5.57 Å². The van der Waals surface area contributed by atoms with Gasteiger partial charge in [0.15, 0.2) is 11.6 Å². The molecule has 5 nitrogen and oxygen atoms in total. The van der Waals surface area contributed by atoms with E-state index in [-0.39, 0.29) is 28.1 Å². The van der Waals surface area contributed by atoms with Gasteiger partial charge in [-0.3, -0.25) is 9.58 Å². The zero-order chi connectivity index (χ0) is 26.9. The van der Waals surface area contributed by atoms with Gasteiger partial charge in [0.1, 0.15) is 11.6 Å². The van der Waals surface area contributed by atoms with Gasteiger partial charge in [-0.2, -0.15) is 5.10 Å². The molecule has 1 N–H and O–H groups in total. The number of piperidine rings is 1. The fraction of sp³-hybridized carbons (Fsp3) is 0.448. The summed E-state index contributed by atoms with van der Waals surface area (Å²) in [6.45, 7) is 16.2. The molecule has 8 heteroatoms. The molecule has 0 unspecified atom stereocenters. The maximum absolute atomic E-state index is 15.4. The fourth-order valence-electron chi connectivity index (χ4n) is 4.97. The van der Waals surface area contributed by atoms with Crippen LogP contribution in [0.1, 0.15) is 63.1 Å². The highest BCUT2D eigenvalue weighted by molar-refractivity contribution is 6.30. The number of allylic oxidation sites excluding steroid dienone is 1. The summed E-state index contributed by atoms with van der Waals surface area (Å²) < 4.78 is 31.7. The summed E-state index contributed by atoms with van der Waals surface area (Å²) in [5.74, 6) is 0.862. The number of aryl methyl sites for hydroxylation is 1. The molecule has 0 atom stereocenters. The molecule has 37 heavy (non-hydrogen) atoms. The Labute approximate surface area is 223 Å². The Morgan fingerprint density at radius 1 is 1.14 bits per heavy atom. The molecule has 3 heterocycles. The molecule has 1 aliphatic rings. The van der Waals surface area contributed by atoms with E-state index in [0.29, 0.717) is 47.0 Å². The van der Waals surface area contributed by atoms with Crippen molar-refractivity contribution in [2.45, 2.75) is 66.0 Å². The number of pyridine rings is 1. The Morgan fingerprint density at radius 2 is 1.84 bits per heavy atom. The number of halogens is 3. The zero-order valence-corrected chi connectivity index (χ0v) is 23.1. The first kappa shape index (κ1) is 27.3. The molecule has 3 aromatic rings. The summed E-state index contributed by atoms with van der Waals surface area (Å²) in [5, 5.41) is 8.11. The Morgan fingerprint density at radius 3 is 2.46 bits per heavy atom. The second kappa shape index (κ2) is 10.9. The molecule has 1 aromatic carbocycles. The fourth-order valence-corrected chi connectivity index (χ4v) is 5.17. The lowest BCUT2D eigenvalue weighted by Gasteiger charge is -2.32. The molecule has 1 aliphatic heterocycles. The van der Waals surface area contributed by atoms with Gasteiger partial charge in [-0.25, -0.2) is 13.8 Å². The normalized spacial score (nSPS) is 15.2. The highest BCUT2D eigenvalue weighted by Gasteiger charge is 2.24.